The zero-order valence-electron chi connectivity index (χ0n) is 7.96. The molecule has 0 aliphatic heterocycles. The maximum atomic E-state index is 9.17. The van der Waals surface area contributed by atoms with Gasteiger partial charge in [0.2, 0.25) is 0 Å². The van der Waals surface area contributed by atoms with E-state index in [4.69, 9.17) is 15.9 Å². The molecule has 1 N–H and O–H groups in total. The van der Waals surface area contributed by atoms with Crippen molar-refractivity contribution in [2.24, 2.45) is 0 Å². The van der Waals surface area contributed by atoms with Crippen LogP contribution in [0.2, 0.25) is 0 Å². The van der Waals surface area contributed by atoms with E-state index in [0.29, 0.717) is 0 Å². The lowest BCUT2D eigenvalue weighted by molar-refractivity contribution is -0.0295. The van der Waals surface area contributed by atoms with Crippen molar-refractivity contribution in [1.29, 1.82) is 0 Å². The maximum Gasteiger partial charge on any atom is 0.149 e. The number of terminal acetylenes is 1. The second-order valence-corrected chi connectivity index (χ2v) is 2.88. The Bertz CT molecular complexity index is 221. The smallest absolute Gasteiger partial charge is 0.149 e. The fourth-order valence-electron chi connectivity index (χ4n) is 0.505. The van der Waals surface area contributed by atoms with Crippen LogP contribution in [0.25, 0.3) is 0 Å². The Morgan fingerprint density at radius 2 is 1.92 bits per heavy atom. The topological polar surface area (TPSA) is 38.7 Å². The van der Waals surface area contributed by atoms with Crippen molar-refractivity contribution in [3.63, 3.8) is 0 Å². The SMILES string of the molecule is C#CCOCOCC#CC(C)(C)O. The predicted octanol–water partition coefficient (Wildman–Crippen LogP) is 0.385. The molecule has 0 aliphatic rings. The summed E-state index contributed by atoms with van der Waals surface area (Å²) in [5, 5.41) is 9.17. The zero-order chi connectivity index (χ0) is 10.2. The summed E-state index contributed by atoms with van der Waals surface area (Å²) in [7, 11) is 0. The van der Waals surface area contributed by atoms with Crippen LogP contribution in [0, 0.1) is 24.2 Å². The van der Waals surface area contributed by atoms with Gasteiger partial charge in [-0.25, -0.2) is 0 Å². The van der Waals surface area contributed by atoms with Crippen LogP contribution in [-0.2, 0) is 9.47 Å². The molecule has 0 aliphatic carbocycles. The van der Waals surface area contributed by atoms with E-state index in [0.717, 1.165) is 0 Å². The van der Waals surface area contributed by atoms with Gasteiger partial charge in [-0.05, 0) is 13.8 Å². The summed E-state index contributed by atoms with van der Waals surface area (Å²) in [5.41, 5.74) is -0.969. The van der Waals surface area contributed by atoms with Crippen LogP contribution in [0.5, 0.6) is 0 Å². The van der Waals surface area contributed by atoms with E-state index in [1.807, 2.05) is 0 Å². The molecular formula is C10H14O3. The summed E-state index contributed by atoms with van der Waals surface area (Å²) in [6.45, 7) is 3.81. The van der Waals surface area contributed by atoms with Crippen molar-refractivity contribution >= 4 is 0 Å². The van der Waals surface area contributed by atoms with Crippen molar-refractivity contribution in [2.45, 2.75) is 19.4 Å². The van der Waals surface area contributed by atoms with Crippen molar-refractivity contribution in [3.05, 3.63) is 0 Å². The van der Waals surface area contributed by atoms with Gasteiger partial charge >= 0.3 is 0 Å². The highest BCUT2D eigenvalue weighted by Gasteiger charge is 2.04. The van der Waals surface area contributed by atoms with Gasteiger partial charge in [0, 0.05) is 0 Å². The lowest BCUT2D eigenvalue weighted by atomic mass is 10.1. The molecule has 72 valence electrons. The Morgan fingerprint density at radius 1 is 1.31 bits per heavy atom. The van der Waals surface area contributed by atoms with Crippen LogP contribution in [0.3, 0.4) is 0 Å². The molecule has 0 unspecified atom stereocenters. The summed E-state index contributed by atoms with van der Waals surface area (Å²) >= 11 is 0. The van der Waals surface area contributed by atoms with Gasteiger partial charge in [0.05, 0.1) is 0 Å². The summed E-state index contributed by atoms with van der Waals surface area (Å²) in [4.78, 5) is 0. The quantitative estimate of drug-likeness (QED) is 0.388. The monoisotopic (exact) mass is 182 g/mol. The van der Waals surface area contributed by atoms with Crippen molar-refractivity contribution in [2.75, 3.05) is 20.0 Å². The molecule has 0 bridgehead atoms. The van der Waals surface area contributed by atoms with E-state index in [1.54, 1.807) is 13.8 Å². The molecular weight excluding hydrogens is 168 g/mol. The molecule has 13 heavy (non-hydrogen) atoms. The Morgan fingerprint density at radius 3 is 2.46 bits per heavy atom. The number of rotatable bonds is 4. The standard InChI is InChI=1S/C10H14O3/c1-4-7-12-9-13-8-5-6-10(2,3)11/h1,11H,7-9H2,2-3H3. The van der Waals surface area contributed by atoms with Crippen LogP contribution in [0.4, 0.5) is 0 Å². The molecule has 0 radical (unpaired) electrons. The Kier molecular flexibility index (Phi) is 6.01. The third kappa shape index (κ3) is 11.0. The number of hydrogen-bond donors (Lipinski definition) is 1. The van der Waals surface area contributed by atoms with Crippen LogP contribution < -0.4 is 0 Å². The highest BCUT2D eigenvalue weighted by atomic mass is 16.7. The minimum atomic E-state index is -0.969. The van der Waals surface area contributed by atoms with Crippen LogP contribution >= 0.6 is 0 Å². The first-order valence-corrected chi connectivity index (χ1v) is 3.87. The molecule has 0 spiro atoms. The van der Waals surface area contributed by atoms with Gasteiger partial charge in [0.25, 0.3) is 0 Å². The predicted molar refractivity (Wildman–Crippen MR) is 49.7 cm³/mol. The van der Waals surface area contributed by atoms with Gasteiger partial charge in [-0.15, -0.1) is 6.42 Å². The molecule has 0 saturated carbocycles. The van der Waals surface area contributed by atoms with Crippen molar-refractivity contribution in [3.8, 4) is 24.2 Å². The first kappa shape index (κ1) is 12.0. The largest absolute Gasteiger partial charge is 0.378 e. The summed E-state index contributed by atoms with van der Waals surface area (Å²) in [6.07, 6.45) is 4.93. The molecule has 3 nitrogen and oxygen atoms in total. The fraction of sp³-hybridized carbons (Fsp3) is 0.600. The first-order valence-electron chi connectivity index (χ1n) is 3.87. The molecule has 0 amide bonds. The highest BCUT2D eigenvalue weighted by Crippen LogP contribution is 1.95. The third-order valence-corrected chi connectivity index (χ3v) is 0.921. The van der Waals surface area contributed by atoms with Crippen LogP contribution in [0.1, 0.15) is 13.8 Å². The summed E-state index contributed by atoms with van der Waals surface area (Å²) in [6, 6.07) is 0. The number of ether oxygens (including phenoxy) is 2. The second kappa shape index (κ2) is 6.51. The molecule has 3 heteroatoms. The molecule has 0 rings (SSSR count). The van der Waals surface area contributed by atoms with Gasteiger partial charge in [0.1, 0.15) is 25.6 Å². The van der Waals surface area contributed by atoms with Crippen LogP contribution in [0.15, 0.2) is 0 Å². The van der Waals surface area contributed by atoms with E-state index in [9.17, 15) is 5.11 Å². The first-order chi connectivity index (χ1) is 6.06. The minimum Gasteiger partial charge on any atom is -0.378 e. The van der Waals surface area contributed by atoms with Gasteiger partial charge < -0.3 is 14.6 Å². The zero-order valence-corrected chi connectivity index (χ0v) is 7.96. The Hall–Kier alpha value is -1.00. The van der Waals surface area contributed by atoms with E-state index >= 15 is 0 Å². The normalized spacial score (nSPS) is 10.0. The average molecular weight is 182 g/mol. The number of hydrogen-bond acceptors (Lipinski definition) is 3. The van der Waals surface area contributed by atoms with Gasteiger partial charge in [-0.3, -0.25) is 0 Å². The van der Waals surface area contributed by atoms with Gasteiger partial charge in [-0.1, -0.05) is 17.8 Å². The Labute approximate surface area is 79.0 Å². The summed E-state index contributed by atoms with van der Waals surface area (Å²) < 4.78 is 9.75. The maximum absolute atomic E-state index is 9.17. The minimum absolute atomic E-state index is 0.130. The molecule has 0 heterocycles. The van der Waals surface area contributed by atoms with Crippen molar-refractivity contribution < 1.29 is 14.6 Å². The molecule has 0 aromatic rings. The highest BCUT2D eigenvalue weighted by molar-refractivity contribution is 5.09. The molecule has 0 atom stereocenters. The van der Waals surface area contributed by atoms with Gasteiger partial charge in [0.15, 0.2) is 0 Å². The average Bonchev–Trinajstić information content (AvgIpc) is 2.01. The second-order valence-electron chi connectivity index (χ2n) is 2.88. The molecule has 0 aromatic carbocycles. The van der Waals surface area contributed by atoms with Crippen LogP contribution in [-0.4, -0.2) is 30.7 Å². The molecule has 0 saturated heterocycles. The summed E-state index contributed by atoms with van der Waals surface area (Å²) in [5.74, 6) is 7.55. The lowest BCUT2D eigenvalue weighted by Gasteiger charge is -2.05. The van der Waals surface area contributed by atoms with Crippen molar-refractivity contribution in [1.82, 2.24) is 0 Å². The van der Waals surface area contributed by atoms with Gasteiger partial charge in [-0.2, -0.15) is 0 Å². The lowest BCUT2D eigenvalue weighted by Crippen LogP contribution is -2.15. The third-order valence-electron chi connectivity index (χ3n) is 0.921. The molecule has 0 fully saturated rings. The van der Waals surface area contributed by atoms with E-state index in [2.05, 4.69) is 17.8 Å². The Balaban J connectivity index is 3.35. The number of aliphatic hydroxyl groups is 1. The van der Waals surface area contributed by atoms with E-state index < -0.39 is 5.60 Å². The molecule has 0 aromatic heterocycles. The fourth-order valence-corrected chi connectivity index (χ4v) is 0.505. The van der Waals surface area contributed by atoms with E-state index in [1.165, 1.54) is 0 Å². The van der Waals surface area contributed by atoms with E-state index in [-0.39, 0.29) is 20.0 Å².